The quantitative estimate of drug-likeness (QED) is 0.845. The first-order valence-electron chi connectivity index (χ1n) is 10.6. The summed E-state index contributed by atoms with van der Waals surface area (Å²) in [5.74, 6) is 0.529. The highest BCUT2D eigenvalue weighted by molar-refractivity contribution is 6.09. The van der Waals surface area contributed by atoms with E-state index in [4.69, 9.17) is 0 Å². The third-order valence-corrected chi connectivity index (χ3v) is 7.45. The Hall–Kier alpha value is -1.88. The Kier molecular flexibility index (Phi) is 4.04. The van der Waals surface area contributed by atoms with Crippen molar-refractivity contribution >= 4 is 17.5 Å². The molecule has 3 unspecified atom stereocenters. The SMILES string of the molecule is CC1CCC(NC(=O)C2CC3CCCN3C23C(=O)Nc2ccccc23)CC1. The molecule has 5 heteroatoms. The Bertz CT molecular complexity index is 771. The smallest absolute Gasteiger partial charge is 0.250 e. The number of anilines is 1. The Morgan fingerprint density at radius 3 is 2.78 bits per heavy atom. The topological polar surface area (TPSA) is 61.4 Å². The number of amides is 2. The van der Waals surface area contributed by atoms with Gasteiger partial charge in [-0.3, -0.25) is 14.5 Å². The minimum absolute atomic E-state index is 0.00878. The van der Waals surface area contributed by atoms with Crippen molar-refractivity contribution in [1.29, 1.82) is 0 Å². The zero-order chi connectivity index (χ0) is 18.6. The normalized spacial score (nSPS) is 37.9. The van der Waals surface area contributed by atoms with Crippen LogP contribution in [-0.2, 0) is 15.1 Å². The Morgan fingerprint density at radius 2 is 1.96 bits per heavy atom. The second-order valence-electron chi connectivity index (χ2n) is 9.01. The molecule has 3 aliphatic heterocycles. The molecule has 1 saturated carbocycles. The molecule has 4 aliphatic rings. The third-order valence-electron chi connectivity index (χ3n) is 7.45. The molecule has 5 nitrogen and oxygen atoms in total. The molecule has 1 aromatic carbocycles. The van der Waals surface area contributed by atoms with Crippen LogP contribution in [0.3, 0.4) is 0 Å². The molecule has 2 amide bonds. The summed E-state index contributed by atoms with van der Waals surface area (Å²) >= 11 is 0. The number of benzene rings is 1. The van der Waals surface area contributed by atoms with Gasteiger partial charge in [0.25, 0.3) is 0 Å². The summed E-state index contributed by atoms with van der Waals surface area (Å²) in [6, 6.07) is 8.54. The van der Waals surface area contributed by atoms with Gasteiger partial charge in [-0.05, 0) is 63.5 Å². The minimum atomic E-state index is -0.816. The van der Waals surface area contributed by atoms with Crippen LogP contribution in [0.4, 0.5) is 5.69 Å². The van der Waals surface area contributed by atoms with Crippen LogP contribution in [-0.4, -0.2) is 35.3 Å². The van der Waals surface area contributed by atoms with Crippen LogP contribution in [0.15, 0.2) is 24.3 Å². The van der Waals surface area contributed by atoms with Crippen LogP contribution < -0.4 is 10.6 Å². The van der Waals surface area contributed by atoms with E-state index in [0.717, 1.165) is 55.8 Å². The molecule has 1 spiro atoms. The van der Waals surface area contributed by atoms with Crippen molar-refractivity contribution in [2.24, 2.45) is 11.8 Å². The second-order valence-corrected chi connectivity index (χ2v) is 9.01. The predicted octanol–water partition coefficient (Wildman–Crippen LogP) is 3.01. The maximum absolute atomic E-state index is 13.4. The summed E-state index contributed by atoms with van der Waals surface area (Å²) in [5, 5.41) is 6.40. The lowest BCUT2D eigenvalue weighted by Gasteiger charge is -2.37. The van der Waals surface area contributed by atoms with E-state index in [0.29, 0.717) is 6.04 Å². The van der Waals surface area contributed by atoms with Gasteiger partial charge in [-0.2, -0.15) is 0 Å². The van der Waals surface area contributed by atoms with E-state index < -0.39 is 5.54 Å². The summed E-state index contributed by atoms with van der Waals surface area (Å²) in [6.07, 6.45) is 7.46. The van der Waals surface area contributed by atoms with Gasteiger partial charge in [0.05, 0.1) is 5.92 Å². The number of carbonyl (C=O) groups is 2. The summed E-state index contributed by atoms with van der Waals surface area (Å²) in [7, 11) is 0. The van der Waals surface area contributed by atoms with Gasteiger partial charge in [0.15, 0.2) is 0 Å². The van der Waals surface area contributed by atoms with E-state index >= 15 is 0 Å². The zero-order valence-electron chi connectivity index (χ0n) is 16.0. The third kappa shape index (κ3) is 2.47. The fourth-order valence-corrected chi connectivity index (χ4v) is 6.09. The largest absolute Gasteiger partial charge is 0.353 e. The summed E-state index contributed by atoms with van der Waals surface area (Å²) in [6.45, 7) is 3.19. The number of hydrogen-bond acceptors (Lipinski definition) is 3. The summed E-state index contributed by atoms with van der Waals surface area (Å²) in [5.41, 5.74) is 1.06. The second kappa shape index (κ2) is 6.33. The van der Waals surface area contributed by atoms with Crippen molar-refractivity contribution in [3.05, 3.63) is 29.8 Å². The number of nitrogens with zero attached hydrogens (tertiary/aromatic N) is 1. The fourth-order valence-electron chi connectivity index (χ4n) is 6.09. The molecule has 1 aliphatic carbocycles. The molecule has 2 saturated heterocycles. The van der Waals surface area contributed by atoms with Gasteiger partial charge in [0.1, 0.15) is 5.54 Å². The van der Waals surface area contributed by atoms with Gasteiger partial charge in [0, 0.05) is 23.3 Å². The monoisotopic (exact) mass is 367 g/mol. The Balaban J connectivity index is 1.48. The van der Waals surface area contributed by atoms with Gasteiger partial charge < -0.3 is 10.6 Å². The van der Waals surface area contributed by atoms with E-state index in [1.165, 1.54) is 12.8 Å². The van der Waals surface area contributed by atoms with Gasteiger partial charge in [-0.15, -0.1) is 0 Å². The highest BCUT2D eigenvalue weighted by Gasteiger charge is 2.65. The predicted molar refractivity (Wildman–Crippen MR) is 104 cm³/mol. The number of rotatable bonds is 2. The van der Waals surface area contributed by atoms with Crippen LogP contribution in [0.2, 0.25) is 0 Å². The van der Waals surface area contributed by atoms with E-state index in [1.807, 2.05) is 24.3 Å². The molecule has 5 rings (SSSR count). The van der Waals surface area contributed by atoms with E-state index in [-0.39, 0.29) is 23.8 Å². The molecule has 0 bridgehead atoms. The van der Waals surface area contributed by atoms with Crippen molar-refractivity contribution in [3.8, 4) is 0 Å². The lowest BCUT2D eigenvalue weighted by Crippen LogP contribution is -2.55. The van der Waals surface area contributed by atoms with E-state index in [2.05, 4.69) is 22.5 Å². The Labute approximate surface area is 160 Å². The number of nitrogens with one attached hydrogen (secondary N) is 2. The first-order valence-corrected chi connectivity index (χ1v) is 10.6. The van der Waals surface area contributed by atoms with Crippen LogP contribution in [0.1, 0.15) is 57.4 Å². The first-order chi connectivity index (χ1) is 13.1. The van der Waals surface area contributed by atoms with Gasteiger partial charge >= 0.3 is 0 Å². The molecular formula is C22H29N3O2. The van der Waals surface area contributed by atoms with Crippen molar-refractivity contribution in [2.75, 3.05) is 11.9 Å². The number of fused-ring (bicyclic) bond motifs is 4. The number of para-hydroxylation sites is 1. The average molecular weight is 367 g/mol. The first kappa shape index (κ1) is 17.2. The van der Waals surface area contributed by atoms with Crippen LogP contribution in [0, 0.1) is 11.8 Å². The molecule has 144 valence electrons. The standard InChI is InChI=1S/C22H29N3O2/c1-14-8-10-15(11-9-14)23-20(26)18-13-16-5-4-12-25(16)22(18)17-6-2-3-7-19(17)24-21(22)27/h2-3,6-7,14-16,18H,4-5,8-13H2,1H3,(H,23,26)(H,24,27). The maximum Gasteiger partial charge on any atom is 0.250 e. The van der Waals surface area contributed by atoms with Crippen LogP contribution in [0.5, 0.6) is 0 Å². The maximum atomic E-state index is 13.4. The van der Waals surface area contributed by atoms with Crippen molar-refractivity contribution in [1.82, 2.24) is 10.2 Å². The molecule has 27 heavy (non-hydrogen) atoms. The molecule has 3 heterocycles. The number of hydrogen-bond donors (Lipinski definition) is 2. The fraction of sp³-hybridized carbons (Fsp3) is 0.636. The lowest BCUT2D eigenvalue weighted by molar-refractivity contribution is -0.138. The summed E-state index contributed by atoms with van der Waals surface area (Å²) < 4.78 is 0. The van der Waals surface area contributed by atoms with Crippen LogP contribution >= 0.6 is 0 Å². The minimum Gasteiger partial charge on any atom is -0.353 e. The van der Waals surface area contributed by atoms with Gasteiger partial charge in [0.2, 0.25) is 11.8 Å². The van der Waals surface area contributed by atoms with Crippen LogP contribution in [0.25, 0.3) is 0 Å². The molecule has 1 aromatic rings. The molecule has 0 radical (unpaired) electrons. The van der Waals surface area contributed by atoms with Gasteiger partial charge in [-0.25, -0.2) is 0 Å². The van der Waals surface area contributed by atoms with Crippen molar-refractivity contribution in [3.63, 3.8) is 0 Å². The van der Waals surface area contributed by atoms with E-state index in [1.54, 1.807) is 0 Å². The lowest BCUT2D eigenvalue weighted by atomic mass is 9.78. The highest BCUT2D eigenvalue weighted by Crippen LogP contribution is 2.55. The zero-order valence-corrected chi connectivity index (χ0v) is 16.0. The molecule has 2 N–H and O–H groups in total. The van der Waals surface area contributed by atoms with Gasteiger partial charge in [-0.1, -0.05) is 25.1 Å². The average Bonchev–Trinajstić information content (AvgIpc) is 3.32. The highest BCUT2D eigenvalue weighted by atomic mass is 16.2. The van der Waals surface area contributed by atoms with Crippen molar-refractivity contribution < 1.29 is 9.59 Å². The van der Waals surface area contributed by atoms with Crippen molar-refractivity contribution in [2.45, 2.75) is 69.5 Å². The number of carbonyl (C=O) groups excluding carboxylic acids is 2. The summed E-state index contributed by atoms with van der Waals surface area (Å²) in [4.78, 5) is 29.1. The molecule has 0 aromatic heterocycles. The molecular weight excluding hydrogens is 338 g/mol. The Morgan fingerprint density at radius 1 is 1.19 bits per heavy atom. The molecule has 3 fully saturated rings. The molecule has 3 atom stereocenters. The van der Waals surface area contributed by atoms with E-state index in [9.17, 15) is 9.59 Å².